The van der Waals surface area contributed by atoms with Crippen LogP contribution in [0.15, 0.2) is 23.1 Å². The van der Waals surface area contributed by atoms with E-state index in [0.717, 1.165) is 0 Å². The molecule has 1 saturated carbocycles. The molecule has 0 saturated heterocycles. The first kappa shape index (κ1) is 11.9. The summed E-state index contributed by atoms with van der Waals surface area (Å²) in [7, 11) is -1.23. The highest BCUT2D eigenvalue weighted by Gasteiger charge is 2.21. The van der Waals surface area contributed by atoms with Crippen LogP contribution >= 0.6 is 11.6 Å². The van der Waals surface area contributed by atoms with Crippen LogP contribution in [-0.4, -0.2) is 16.8 Å². The summed E-state index contributed by atoms with van der Waals surface area (Å²) < 4.78 is 17.2. The third-order valence-electron chi connectivity index (χ3n) is 2.44. The molecule has 1 atom stereocenters. The molecule has 0 spiro atoms. The Kier molecular flexibility index (Phi) is 3.84. The third kappa shape index (κ3) is 3.20. The number of benzene rings is 1. The second kappa shape index (κ2) is 5.17. The Morgan fingerprint density at radius 3 is 2.94 bits per heavy atom. The Labute approximate surface area is 102 Å². The van der Waals surface area contributed by atoms with Crippen molar-refractivity contribution in [2.45, 2.75) is 17.7 Å². The number of rotatable bonds is 5. The van der Waals surface area contributed by atoms with Crippen molar-refractivity contribution in [3.8, 4) is 0 Å². The normalized spacial score (nSPS) is 17.3. The van der Waals surface area contributed by atoms with E-state index in [1.165, 1.54) is 12.8 Å². The Morgan fingerprint density at radius 2 is 2.25 bits per heavy atom. The van der Waals surface area contributed by atoms with Gasteiger partial charge in [-0.25, -0.2) is 0 Å². The predicted molar refractivity (Wildman–Crippen MR) is 65.8 cm³/mol. The summed E-state index contributed by atoms with van der Waals surface area (Å²) in [5.74, 6) is 0.868. The van der Waals surface area contributed by atoms with Crippen molar-refractivity contribution < 1.29 is 8.95 Å². The molecule has 88 valence electrons. The highest BCUT2D eigenvalue weighted by atomic mass is 35.5. The maximum Gasteiger partial charge on any atom is 0.126 e. The summed E-state index contributed by atoms with van der Waals surface area (Å²) in [5, 5.41) is 0.475. The van der Waals surface area contributed by atoms with Crippen LogP contribution in [0.3, 0.4) is 0 Å². The summed E-state index contributed by atoms with van der Waals surface area (Å²) in [4.78, 5) is 0.553. The van der Waals surface area contributed by atoms with Gasteiger partial charge < -0.3 is 10.5 Å². The van der Waals surface area contributed by atoms with Crippen LogP contribution in [0.25, 0.3) is 0 Å². The van der Waals surface area contributed by atoms with Gasteiger partial charge in [0.15, 0.2) is 0 Å². The largest absolute Gasteiger partial charge is 0.399 e. The average molecular weight is 260 g/mol. The molecule has 1 unspecified atom stereocenters. The minimum absolute atomic E-state index is 0.194. The van der Waals surface area contributed by atoms with Gasteiger partial charge in [-0.1, -0.05) is 11.6 Å². The summed E-state index contributed by atoms with van der Waals surface area (Å²) in [6, 6.07) is 4.98. The van der Waals surface area contributed by atoms with Gasteiger partial charge >= 0.3 is 0 Å². The predicted octanol–water partition coefficient (Wildman–Crippen LogP) is 2.41. The number of anilines is 1. The fraction of sp³-hybridized carbons (Fsp3) is 0.455. The Morgan fingerprint density at radius 1 is 1.50 bits per heavy atom. The lowest BCUT2D eigenvalue weighted by atomic mass is 10.3. The molecule has 16 heavy (non-hydrogen) atoms. The van der Waals surface area contributed by atoms with E-state index in [2.05, 4.69) is 0 Å². The molecule has 0 amide bonds. The summed E-state index contributed by atoms with van der Waals surface area (Å²) >= 11 is 5.94. The zero-order valence-electron chi connectivity index (χ0n) is 8.82. The topological polar surface area (TPSA) is 52.3 Å². The van der Waals surface area contributed by atoms with Crippen molar-refractivity contribution in [3.63, 3.8) is 0 Å². The number of nitrogens with two attached hydrogens (primary N) is 1. The van der Waals surface area contributed by atoms with Crippen molar-refractivity contribution >= 4 is 28.1 Å². The average Bonchev–Trinajstić information content (AvgIpc) is 3.05. The number of ether oxygens (including phenoxy) is 1. The lowest BCUT2D eigenvalue weighted by molar-refractivity contribution is 0.168. The summed E-state index contributed by atoms with van der Waals surface area (Å²) in [6.07, 6.45) is 2.46. The lowest BCUT2D eigenvalue weighted by Crippen LogP contribution is -2.06. The zero-order chi connectivity index (χ0) is 11.5. The van der Waals surface area contributed by atoms with Gasteiger partial charge in [0.2, 0.25) is 0 Å². The molecule has 0 bridgehead atoms. The van der Waals surface area contributed by atoms with Crippen molar-refractivity contribution in [1.82, 2.24) is 0 Å². The fourth-order valence-electron chi connectivity index (χ4n) is 1.33. The number of nitrogen functional groups attached to an aromatic ring is 1. The van der Waals surface area contributed by atoms with Gasteiger partial charge in [0.05, 0.1) is 27.3 Å². The maximum atomic E-state index is 11.9. The summed E-state index contributed by atoms with van der Waals surface area (Å²) in [6.45, 7) is 0.700. The van der Waals surface area contributed by atoms with Crippen molar-refractivity contribution in [1.29, 1.82) is 0 Å². The highest BCUT2D eigenvalue weighted by Crippen LogP contribution is 2.29. The maximum absolute atomic E-state index is 11.9. The van der Waals surface area contributed by atoms with Gasteiger partial charge in [0.1, 0.15) is 5.94 Å². The molecule has 5 heteroatoms. The van der Waals surface area contributed by atoms with Crippen molar-refractivity contribution in [2.75, 3.05) is 18.3 Å². The monoisotopic (exact) mass is 259 g/mol. The van der Waals surface area contributed by atoms with Gasteiger partial charge in [0, 0.05) is 5.69 Å². The van der Waals surface area contributed by atoms with E-state index < -0.39 is 10.8 Å². The van der Waals surface area contributed by atoms with Crippen LogP contribution in [-0.2, 0) is 15.5 Å². The molecule has 1 aliphatic rings. The molecule has 2 N–H and O–H groups in total. The summed E-state index contributed by atoms with van der Waals surface area (Å²) in [5.41, 5.74) is 6.18. The number of hydrogen-bond donors (Lipinski definition) is 1. The van der Waals surface area contributed by atoms with Gasteiger partial charge in [-0.2, -0.15) is 0 Å². The molecule has 1 fully saturated rings. The smallest absolute Gasteiger partial charge is 0.126 e. The van der Waals surface area contributed by atoms with E-state index in [1.807, 2.05) is 0 Å². The second-order valence-corrected chi connectivity index (χ2v) is 5.74. The van der Waals surface area contributed by atoms with Gasteiger partial charge in [-0.05, 0) is 37.0 Å². The minimum atomic E-state index is -1.23. The molecule has 0 radical (unpaired) electrons. The molecule has 3 nitrogen and oxygen atoms in total. The standard InChI is InChI=1S/C11H14ClNO2S/c12-10-4-3-9(13)5-11(10)16(14)7-15-6-8-1-2-8/h3-5,8H,1-2,6-7,13H2. The molecule has 2 rings (SSSR count). The first-order chi connectivity index (χ1) is 7.66. The Hall–Kier alpha value is -0.580. The van der Waals surface area contributed by atoms with Crippen LogP contribution in [0.4, 0.5) is 5.69 Å². The first-order valence-electron chi connectivity index (χ1n) is 5.18. The molecule has 1 aliphatic carbocycles. The number of halogens is 1. The van der Waals surface area contributed by atoms with E-state index in [9.17, 15) is 4.21 Å². The quantitative estimate of drug-likeness (QED) is 0.827. The van der Waals surface area contributed by atoms with Crippen LogP contribution in [0.1, 0.15) is 12.8 Å². The molecule has 0 heterocycles. The van der Waals surface area contributed by atoms with Crippen molar-refractivity contribution in [3.05, 3.63) is 23.2 Å². The second-order valence-electron chi connectivity index (χ2n) is 3.97. The van der Waals surface area contributed by atoms with E-state index >= 15 is 0 Å². The Bertz CT molecular complexity index is 407. The van der Waals surface area contributed by atoms with E-state index in [4.69, 9.17) is 22.1 Å². The molecule has 1 aromatic rings. The van der Waals surface area contributed by atoms with Crippen molar-refractivity contribution in [2.24, 2.45) is 5.92 Å². The van der Waals surface area contributed by atoms with Crippen LogP contribution in [0, 0.1) is 5.92 Å². The molecule has 1 aromatic carbocycles. The first-order valence-corrected chi connectivity index (χ1v) is 6.87. The van der Waals surface area contributed by atoms with E-state index in [1.54, 1.807) is 18.2 Å². The third-order valence-corrected chi connectivity index (χ3v) is 4.09. The minimum Gasteiger partial charge on any atom is -0.399 e. The zero-order valence-corrected chi connectivity index (χ0v) is 10.4. The number of hydrogen-bond acceptors (Lipinski definition) is 3. The van der Waals surface area contributed by atoms with Crippen LogP contribution in [0.2, 0.25) is 5.02 Å². The SMILES string of the molecule is Nc1ccc(Cl)c(S(=O)COCC2CC2)c1. The van der Waals surface area contributed by atoms with Crippen LogP contribution in [0.5, 0.6) is 0 Å². The Balaban J connectivity index is 1.93. The lowest BCUT2D eigenvalue weighted by Gasteiger charge is -2.06. The fourth-order valence-corrected chi connectivity index (χ4v) is 2.64. The van der Waals surface area contributed by atoms with E-state index in [-0.39, 0.29) is 5.94 Å². The van der Waals surface area contributed by atoms with E-state index in [0.29, 0.717) is 28.1 Å². The van der Waals surface area contributed by atoms with Gasteiger partial charge in [-0.15, -0.1) is 0 Å². The molecular weight excluding hydrogens is 246 g/mol. The molecule has 0 aromatic heterocycles. The van der Waals surface area contributed by atoms with Crippen LogP contribution < -0.4 is 5.73 Å². The molecule has 0 aliphatic heterocycles. The van der Waals surface area contributed by atoms with Gasteiger partial charge in [-0.3, -0.25) is 4.21 Å². The highest BCUT2D eigenvalue weighted by molar-refractivity contribution is 7.85. The molecular formula is C11H14ClNO2S. The van der Waals surface area contributed by atoms with Gasteiger partial charge in [0.25, 0.3) is 0 Å².